The maximum atomic E-state index is 11.5. The summed E-state index contributed by atoms with van der Waals surface area (Å²) in [6.45, 7) is 3.25. The van der Waals surface area contributed by atoms with Gasteiger partial charge in [-0.3, -0.25) is 4.72 Å². The molecule has 0 atom stereocenters. The van der Waals surface area contributed by atoms with Crippen molar-refractivity contribution in [1.82, 2.24) is 14.9 Å². The van der Waals surface area contributed by atoms with Crippen LogP contribution in [0.1, 0.15) is 19.3 Å². The number of urea groups is 1. The minimum Gasteiger partial charge on any atom is -0.493 e. The van der Waals surface area contributed by atoms with E-state index < -0.39 is 0 Å². The molecular weight excluding hydrogens is 366 g/mol. The van der Waals surface area contributed by atoms with Crippen molar-refractivity contribution < 1.29 is 19.1 Å². The number of carbonyl (C=O) groups is 2. The number of aldehydes is 1. The van der Waals surface area contributed by atoms with Crippen molar-refractivity contribution in [3.05, 3.63) is 24.3 Å². The second kappa shape index (κ2) is 12.6. The lowest BCUT2D eigenvalue weighted by molar-refractivity contribution is -0.108. The van der Waals surface area contributed by atoms with E-state index >= 15 is 0 Å². The van der Waals surface area contributed by atoms with Crippen LogP contribution >= 0.6 is 11.9 Å². The van der Waals surface area contributed by atoms with Crippen molar-refractivity contribution in [1.29, 1.82) is 0 Å². The summed E-state index contributed by atoms with van der Waals surface area (Å²) in [6, 6.07) is 7.83. The summed E-state index contributed by atoms with van der Waals surface area (Å²) >= 11 is 1.56. The smallest absolute Gasteiger partial charge is 0.317 e. The van der Waals surface area contributed by atoms with Crippen LogP contribution in [0.5, 0.6) is 5.75 Å². The summed E-state index contributed by atoms with van der Waals surface area (Å²) < 4.78 is 14.6. The summed E-state index contributed by atoms with van der Waals surface area (Å²) in [5, 5.41) is 2.52. The van der Waals surface area contributed by atoms with Gasteiger partial charge in [-0.25, -0.2) is 4.79 Å². The van der Waals surface area contributed by atoms with E-state index in [9.17, 15) is 9.59 Å². The lowest BCUT2D eigenvalue weighted by Gasteiger charge is -2.19. The molecule has 0 saturated heterocycles. The molecule has 2 N–H and O–H groups in total. The first kappa shape index (κ1) is 21.5. The van der Waals surface area contributed by atoms with E-state index in [2.05, 4.69) is 10.0 Å². The average molecular weight is 396 g/mol. The highest BCUT2D eigenvalue weighted by molar-refractivity contribution is 7.97. The Morgan fingerprint density at radius 2 is 2.22 bits per heavy atom. The first-order valence-corrected chi connectivity index (χ1v) is 10.1. The highest BCUT2D eigenvalue weighted by atomic mass is 32.2. The van der Waals surface area contributed by atoms with Crippen LogP contribution in [-0.4, -0.2) is 63.7 Å². The number of hydrogen-bond donors (Lipinski definition) is 2. The molecule has 150 valence electrons. The van der Waals surface area contributed by atoms with Gasteiger partial charge in [0.05, 0.1) is 19.8 Å². The SMILES string of the molecule is CNC(=O)N(CC=O)CCCOCCNSc1cccc(OCC2CC2)c1. The van der Waals surface area contributed by atoms with Gasteiger partial charge in [0, 0.05) is 31.6 Å². The van der Waals surface area contributed by atoms with Crippen LogP contribution in [-0.2, 0) is 9.53 Å². The number of nitrogens with one attached hydrogen (secondary N) is 2. The summed E-state index contributed by atoms with van der Waals surface area (Å²) in [7, 11) is 1.55. The maximum absolute atomic E-state index is 11.5. The summed E-state index contributed by atoms with van der Waals surface area (Å²) in [5.74, 6) is 1.67. The van der Waals surface area contributed by atoms with Gasteiger partial charge >= 0.3 is 6.03 Å². The fraction of sp³-hybridized carbons (Fsp3) is 0.579. The Balaban J connectivity index is 1.51. The molecule has 0 aromatic heterocycles. The van der Waals surface area contributed by atoms with Gasteiger partial charge in [0.2, 0.25) is 0 Å². The molecule has 1 aromatic carbocycles. The highest BCUT2D eigenvalue weighted by Gasteiger charge is 2.21. The van der Waals surface area contributed by atoms with E-state index in [1.165, 1.54) is 17.7 Å². The molecule has 1 saturated carbocycles. The van der Waals surface area contributed by atoms with Gasteiger partial charge in [-0.15, -0.1) is 0 Å². The number of nitrogens with zero attached hydrogens (tertiary/aromatic N) is 1. The molecule has 1 aromatic rings. The van der Waals surface area contributed by atoms with Crippen LogP contribution in [0.25, 0.3) is 0 Å². The third kappa shape index (κ3) is 9.12. The van der Waals surface area contributed by atoms with Crippen molar-refractivity contribution in [3.8, 4) is 5.75 Å². The summed E-state index contributed by atoms with van der Waals surface area (Å²) in [4.78, 5) is 24.7. The van der Waals surface area contributed by atoms with E-state index in [1.54, 1.807) is 19.0 Å². The zero-order chi connectivity index (χ0) is 19.3. The number of rotatable bonds is 14. The fourth-order valence-electron chi connectivity index (χ4n) is 2.36. The predicted molar refractivity (Wildman–Crippen MR) is 106 cm³/mol. The molecule has 7 nitrogen and oxygen atoms in total. The molecule has 2 rings (SSSR count). The summed E-state index contributed by atoms with van der Waals surface area (Å²) in [5.41, 5.74) is 0. The third-order valence-electron chi connectivity index (χ3n) is 4.04. The largest absolute Gasteiger partial charge is 0.493 e. The van der Waals surface area contributed by atoms with Crippen molar-refractivity contribution >= 4 is 24.3 Å². The maximum Gasteiger partial charge on any atom is 0.317 e. The van der Waals surface area contributed by atoms with Gasteiger partial charge < -0.3 is 24.5 Å². The van der Waals surface area contributed by atoms with Gasteiger partial charge in [-0.1, -0.05) is 6.07 Å². The van der Waals surface area contributed by atoms with Crippen LogP contribution in [0.15, 0.2) is 29.2 Å². The molecule has 8 heteroatoms. The molecule has 1 fully saturated rings. The second-order valence-corrected chi connectivity index (χ2v) is 7.32. The van der Waals surface area contributed by atoms with E-state index in [0.29, 0.717) is 32.7 Å². The monoisotopic (exact) mass is 395 g/mol. The van der Waals surface area contributed by atoms with Crippen LogP contribution in [0, 0.1) is 5.92 Å². The number of hydrogen-bond acceptors (Lipinski definition) is 6. The number of carbonyl (C=O) groups excluding carboxylic acids is 2. The van der Waals surface area contributed by atoms with Crippen LogP contribution in [0.4, 0.5) is 4.79 Å². The topological polar surface area (TPSA) is 79.9 Å². The van der Waals surface area contributed by atoms with Crippen molar-refractivity contribution in [2.45, 2.75) is 24.2 Å². The molecule has 27 heavy (non-hydrogen) atoms. The zero-order valence-electron chi connectivity index (χ0n) is 15.8. The second-order valence-electron chi connectivity index (χ2n) is 6.36. The standard InChI is InChI=1S/C19H29N3O4S/c1-20-19(24)22(10-11-23)9-3-12-25-13-8-21-27-18-5-2-4-17(14-18)26-15-16-6-7-16/h2,4-5,11,14,16,21H,3,6-10,12-13,15H2,1H3,(H,20,24). The quantitative estimate of drug-likeness (QED) is 0.286. The van der Waals surface area contributed by atoms with Crippen molar-refractivity contribution in [2.24, 2.45) is 5.92 Å². The molecule has 2 amide bonds. The Morgan fingerprint density at radius 3 is 2.96 bits per heavy atom. The molecule has 0 spiro atoms. The molecule has 0 unspecified atom stereocenters. The lowest BCUT2D eigenvalue weighted by Crippen LogP contribution is -2.40. The van der Waals surface area contributed by atoms with Gasteiger partial charge in [-0.05, 0) is 55.3 Å². The highest BCUT2D eigenvalue weighted by Crippen LogP contribution is 2.30. The Morgan fingerprint density at radius 1 is 1.37 bits per heavy atom. The molecule has 0 radical (unpaired) electrons. The van der Waals surface area contributed by atoms with Crippen LogP contribution in [0.3, 0.4) is 0 Å². The molecule has 0 aliphatic heterocycles. The Labute approximate surface area is 165 Å². The van der Waals surface area contributed by atoms with Gasteiger partial charge in [0.25, 0.3) is 0 Å². The van der Waals surface area contributed by atoms with E-state index in [0.717, 1.165) is 29.5 Å². The van der Waals surface area contributed by atoms with Crippen molar-refractivity contribution in [3.63, 3.8) is 0 Å². The Hall–Kier alpha value is -1.77. The van der Waals surface area contributed by atoms with Gasteiger partial charge in [-0.2, -0.15) is 0 Å². The van der Waals surface area contributed by atoms with E-state index in [-0.39, 0.29) is 12.6 Å². The van der Waals surface area contributed by atoms with Crippen LogP contribution < -0.4 is 14.8 Å². The predicted octanol–water partition coefficient (Wildman–Crippen LogP) is 2.32. The minimum atomic E-state index is -0.247. The molecule has 0 heterocycles. The zero-order valence-corrected chi connectivity index (χ0v) is 16.6. The normalized spacial score (nSPS) is 13.2. The van der Waals surface area contributed by atoms with Crippen LogP contribution in [0.2, 0.25) is 0 Å². The third-order valence-corrected chi connectivity index (χ3v) is 4.88. The van der Waals surface area contributed by atoms with Gasteiger partial charge in [0.15, 0.2) is 0 Å². The lowest BCUT2D eigenvalue weighted by atomic mass is 10.3. The number of ether oxygens (including phenoxy) is 2. The number of amides is 2. The molecule has 0 bridgehead atoms. The van der Waals surface area contributed by atoms with Crippen molar-refractivity contribution in [2.75, 3.05) is 46.5 Å². The van der Waals surface area contributed by atoms with Gasteiger partial charge in [0.1, 0.15) is 12.0 Å². The number of benzene rings is 1. The Bertz CT molecular complexity index is 584. The first-order chi connectivity index (χ1) is 13.2. The molecule has 1 aliphatic carbocycles. The summed E-state index contributed by atoms with van der Waals surface area (Å²) in [6.07, 6.45) is 3.99. The Kier molecular flexibility index (Phi) is 10.0. The van der Waals surface area contributed by atoms with E-state index in [1.807, 2.05) is 24.3 Å². The minimum absolute atomic E-state index is 0.0985. The first-order valence-electron chi connectivity index (χ1n) is 9.33. The molecule has 1 aliphatic rings. The molecular formula is C19H29N3O4S. The van der Waals surface area contributed by atoms with E-state index in [4.69, 9.17) is 9.47 Å². The fourth-order valence-corrected chi connectivity index (χ4v) is 3.03. The average Bonchev–Trinajstić information content (AvgIpc) is 3.52.